The number of rotatable bonds is 4. The summed E-state index contributed by atoms with van der Waals surface area (Å²) in [5.74, 6) is 0.857. The zero-order chi connectivity index (χ0) is 9.68. The molecule has 0 aromatic heterocycles. The molecule has 0 bridgehead atoms. The van der Waals surface area contributed by atoms with Crippen LogP contribution in [0.2, 0.25) is 0 Å². The van der Waals surface area contributed by atoms with Crippen LogP contribution in [0.4, 0.5) is 0 Å². The van der Waals surface area contributed by atoms with E-state index in [4.69, 9.17) is 4.74 Å². The Morgan fingerprint density at radius 3 is 2.85 bits per heavy atom. The first-order valence-electron chi connectivity index (χ1n) is 5.57. The summed E-state index contributed by atoms with van der Waals surface area (Å²) in [5.41, 5.74) is 0. The van der Waals surface area contributed by atoms with Gasteiger partial charge >= 0.3 is 0 Å². The first-order chi connectivity index (χ1) is 6.25. The second-order valence-electron chi connectivity index (χ2n) is 4.09. The Hall–Kier alpha value is -0.0800. The van der Waals surface area contributed by atoms with E-state index in [0.29, 0.717) is 0 Å². The number of hydrogen-bond donors (Lipinski definition) is 0. The van der Waals surface area contributed by atoms with Crippen molar-refractivity contribution < 1.29 is 4.74 Å². The number of hydrogen-bond acceptors (Lipinski definition) is 2. The summed E-state index contributed by atoms with van der Waals surface area (Å²) in [5, 5.41) is 0. The van der Waals surface area contributed by atoms with Crippen molar-refractivity contribution >= 4 is 0 Å². The van der Waals surface area contributed by atoms with Crippen LogP contribution in [-0.4, -0.2) is 37.2 Å². The van der Waals surface area contributed by atoms with Crippen LogP contribution >= 0.6 is 0 Å². The highest BCUT2D eigenvalue weighted by Gasteiger charge is 2.23. The molecule has 0 radical (unpaired) electrons. The average molecular weight is 185 g/mol. The summed E-state index contributed by atoms with van der Waals surface area (Å²) in [6, 6.07) is 0.745. The Morgan fingerprint density at radius 1 is 1.38 bits per heavy atom. The van der Waals surface area contributed by atoms with Gasteiger partial charge in [0.15, 0.2) is 0 Å². The molecular weight excluding hydrogens is 162 g/mol. The third-order valence-electron chi connectivity index (χ3n) is 3.23. The fraction of sp³-hybridized carbons (Fsp3) is 1.00. The van der Waals surface area contributed by atoms with Gasteiger partial charge in [-0.1, -0.05) is 6.92 Å². The fourth-order valence-corrected chi connectivity index (χ4v) is 2.06. The van der Waals surface area contributed by atoms with Crippen LogP contribution in [0.25, 0.3) is 0 Å². The molecule has 2 atom stereocenters. The molecule has 0 aromatic carbocycles. The van der Waals surface area contributed by atoms with Crippen molar-refractivity contribution in [3.8, 4) is 0 Å². The maximum absolute atomic E-state index is 5.38. The van der Waals surface area contributed by atoms with E-state index in [1.165, 1.54) is 19.4 Å². The SMILES string of the molecule is CCOCCN1CCC[C@H](C)[C@H]1C. The molecule has 0 aromatic rings. The fourth-order valence-electron chi connectivity index (χ4n) is 2.06. The zero-order valence-corrected chi connectivity index (χ0v) is 9.25. The highest BCUT2D eigenvalue weighted by molar-refractivity contribution is 4.78. The molecule has 1 fully saturated rings. The number of nitrogens with zero attached hydrogens (tertiary/aromatic N) is 1. The van der Waals surface area contributed by atoms with Crippen molar-refractivity contribution in [2.45, 2.75) is 39.7 Å². The summed E-state index contributed by atoms with van der Waals surface area (Å²) in [6.45, 7) is 10.9. The molecule has 13 heavy (non-hydrogen) atoms. The molecule has 1 aliphatic heterocycles. The summed E-state index contributed by atoms with van der Waals surface area (Å²) in [4.78, 5) is 2.56. The standard InChI is InChI=1S/C11H23NO/c1-4-13-9-8-12-7-5-6-10(2)11(12)3/h10-11H,4-9H2,1-3H3/t10-,11+/m0/s1. The Balaban J connectivity index is 2.23. The van der Waals surface area contributed by atoms with Gasteiger partial charge in [0, 0.05) is 19.2 Å². The smallest absolute Gasteiger partial charge is 0.0593 e. The van der Waals surface area contributed by atoms with Gasteiger partial charge in [0.05, 0.1) is 6.61 Å². The Morgan fingerprint density at radius 2 is 2.15 bits per heavy atom. The van der Waals surface area contributed by atoms with E-state index in [1.54, 1.807) is 0 Å². The average Bonchev–Trinajstić information content (AvgIpc) is 2.13. The third kappa shape index (κ3) is 3.28. The molecule has 0 aliphatic carbocycles. The maximum Gasteiger partial charge on any atom is 0.0593 e. The molecule has 1 rings (SSSR count). The molecular formula is C11H23NO. The first-order valence-corrected chi connectivity index (χ1v) is 5.57. The highest BCUT2D eigenvalue weighted by Crippen LogP contribution is 2.22. The van der Waals surface area contributed by atoms with Gasteiger partial charge in [0.2, 0.25) is 0 Å². The maximum atomic E-state index is 5.38. The molecule has 2 nitrogen and oxygen atoms in total. The van der Waals surface area contributed by atoms with Gasteiger partial charge < -0.3 is 4.74 Å². The van der Waals surface area contributed by atoms with Gasteiger partial charge in [-0.3, -0.25) is 4.90 Å². The Kier molecular flexibility index (Phi) is 4.74. The predicted molar refractivity (Wildman–Crippen MR) is 55.9 cm³/mol. The van der Waals surface area contributed by atoms with E-state index < -0.39 is 0 Å². The lowest BCUT2D eigenvalue weighted by molar-refractivity contribution is 0.0626. The van der Waals surface area contributed by atoms with Crippen LogP contribution in [0.15, 0.2) is 0 Å². The van der Waals surface area contributed by atoms with Crippen LogP contribution in [0.3, 0.4) is 0 Å². The van der Waals surface area contributed by atoms with Crippen LogP contribution in [-0.2, 0) is 4.74 Å². The minimum Gasteiger partial charge on any atom is -0.380 e. The predicted octanol–water partition coefficient (Wildman–Crippen LogP) is 2.14. The second kappa shape index (κ2) is 5.61. The molecule has 1 saturated heterocycles. The summed E-state index contributed by atoms with van der Waals surface area (Å²) < 4.78 is 5.38. The second-order valence-corrected chi connectivity index (χ2v) is 4.09. The monoisotopic (exact) mass is 185 g/mol. The lowest BCUT2D eigenvalue weighted by atomic mass is 9.92. The van der Waals surface area contributed by atoms with Crippen molar-refractivity contribution in [1.82, 2.24) is 4.90 Å². The molecule has 2 heteroatoms. The van der Waals surface area contributed by atoms with E-state index in [1.807, 2.05) is 0 Å². The van der Waals surface area contributed by atoms with Gasteiger partial charge in [0.25, 0.3) is 0 Å². The normalized spacial score (nSPS) is 30.7. The van der Waals surface area contributed by atoms with Gasteiger partial charge in [-0.2, -0.15) is 0 Å². The minimum absolute atomic E-state index is 0.745. The van der Waals surface area contributed by atoms with Crippen LogP contribution in [0.1, 0.15) is 33.6 Å². The van der Waals surface area contributed by atoms with Crippen LogP contribution in [0, 0.1) is 5.92 Å². The largest absolute Gasteiger partial charge is 0.380 e. The zero-order valence-electron chi connectivity index (χ0n) is 9.25. The summed E-state index contributed by atoms with van der Waals surface area (Å²) in [7, 11) is 0. The van der Waals surface area contributed by atoms with E-state index >= 15 is 0 Å². The highest BCUT2D eigenvalue weighted by atomic mass is 16.5. The number of likely N-dealkylation sites (tertiary alicyclic amines) is 1. The number of ether oxygens (including phenoxy) is 1. The molecule has 0 saturated carbocycles. The molecule has 0 unspecified atom stereocenters. The Bertz CT molecular complexity index is 138. The van der Waals surface area contributed by atoms with Crippen molar-refractivity contribution in [3.63, 3.8) is 0 Å². The van der Waals surface area contributed by atoms with Crippen molar-refractivity contribution in [2.75, 3.05) is 26.3 Å². The molecule has 0 spiro atoms. The van der Waals surface area contributed by atoms with Gasteiger partial charge in [-0.25, -0.2) is 0 Å². The van der Waals surface area contributed by atoms with Gasteiger partial charge in [0.1, 0.15) is 0 Å². The lowest BCUT2D eigenvalue weighted by Gasteiger charge is -2.37. The minimum atomic E-state index is 0.745. The van der Waals surface area contributed by atoms with Gasteiger partial charge in [-0.05, 0) is 39.2 Å². The molecule has 0 amide bonds. The molecule has 1 heterocycles. The summed E-state index contributed by atoms with van der Waals surface area (Å²) >= 11 is 0. The van der Waals surface area contributed by atoms with E-state index in [-0.39, 0.29) is 0 Å². The van der Waals surface area contributed by atoms with Crippen molar-refractivity contribution in [2.24, 2.45) is 5.92 Å². The molecule has 1 aliphatic rings. The Labute approximate surface area is 82.3 Å². The topological polar surface area (TPSA) is 12.5 Å². The molecule has 0 N–H and O–H groups in total. The lowest BCUT2D eigenvalue weighted by Crippen LogP contribution is -2.43. The van der Waals surface area contributed by atoms with Crippen LogP contribution in [0.5, 0.6) is 0 Å². The number of piperidine rings is 1. The van der Waals surface area contributed by atoms with Crippen molar-refractivity contribution in [3.05, 3.63) is 0 Å². The van der Waals surface area contributed by atoms with Crippen LogP contribution < -0.4 is 0 Å². The third-order valence-corrected chi connectivity index (χ3v) is 3.23. The van der Waals surface area contributed by atoms with E-state index in [0.717, 1.165) is 31.7 Å². The first kappa shape index (κ1) is 11.0. The summed E-state index contributed by atoms with van der Waals surface area (Å²) in [6.07, 6.45) is 2.75. The quantitative estimate of drug-likeness (QED) is 0.622. The van der Waals surface area contributed by atoms with E-state index in [9.17, 15) is 0 Å². The van der Waals surface area contributed by atoms with Gasteiger partial charge in [-0.15, -0.1) is 0 Å². The van der Waals surface area contributed by atoms with E-state index in [2.05, 4.69) is 25.7 Å². The molecule has 78 valence electrons. The van der Waals surface area contributed by atoms with Crippen molar-refractivity contribution in [1.29, 1.82) is 0 Å².